The molecular formula is C27H24Cl2N8O3. The number of amides is 1. The van der Waals surface area contributed by atoms with Gasteiger partial charge in [-0.1, -0.05) is 29.3 Å². The fraction of sp³-hybridized carbons (Fsp3) is 0.185. The molecule has 11 nitrogen and oxygen atoms in total. The van der Waals surface area contributed by atoms with E-state index in [1.165, 1.54) is 15.7 Å². The van der Waals surface area contributed by atoms with Gasteiger partial charge in [0.2, 0.25) is 17.7 Å². The Kier molecular flexibility index (Phi) is 7.42. The van der Waals surface area contributed by atoms with Gasteiger partial charge in [-0.05, 0) is 31.2 Å². The number of halogens is 2. The maximum absolute atomic E-state index is 13.2. The zero-order valence-corrected chi connectivity index (χ0v) is 23.5. The Morgan fingerprint density at radius 3 is 2.52 bits per heavy atom. The summed E-state index contributed by atoms with van der Waals surface area (Å²) in [6.45, 7) is 2.63. The second kappa shape index (κ2) is 10.9. The van der Waals surface area contributed by atoms with E-state index in [1.807, 2.05) is 6.92 Å². The highest BCUT2D eigenvalue weighted by Crippen LogP contribution is 2.34. The van der Waals surface area contributed by atoms with Gasteiger partial charge in [-0.15, -0.1) is 5.10 Å². The molecule has 1 N–H and O–H groups in total. The number of nitrogens with one attached hydrogen (secondary N) is 1. The molecule has 0 spiro atoms. The zero-order chi connectivity index (χ0) is 28.6. The van der Waals surface area contributed by atoms with E-state index >= 15 is 0 Å². The van der Waals surface area contributed by atoms with Gasteiger partial charge in [0.1, 0.15) is 11.2 Å². The largest absolute Gasteiger partial charge is 0.418 e. The number of fused-ring (bicyclic) bond motifs is 1. The number of nitrogens with zero attached hydrogens (tertiary/aromatic N) is 7. The van der Waals surface area contributed by atoms with Crippen LogP contribution in [0, 0.1) is 0 Å². The van der Waals surface area contributed by atoms with Crippen molar-refractivity contribution in [2.24, 2.45) is 7.05 Å². The van der Waals surface area contributed by atoms with Crippen LogP contribution in [0.25, 0.3) is 22.2 Å². The molecule has 0 fully saturated rings. The highest BCUT2D eigenvalue weighted by Gasteiger charge is 2.20. The molecule has 0 aliphatic rings. The maximum Gasteiger partial charge on any atom is 0.259 e. The number of aromatic nitrogens is 6. The smallest absolute Gasteiger partial charge is 0.259 e. The van der Waals surface area contributed by atoms with Crippen LogP contribution in [0.1, 0.15) is 17.3 Å². The van der Waals surface area contributed by atoms with Crippen LogP contribution in [0.5, 0.6) is 11.8 Å². The molecule has 0 bridgehead atoms. The van der Waals surface area contributed by atoms with E-state index in [9.17, 15) is 9.59 Å². The van der Waals surface area contributed by atoms with Crippen molar-refractivity contribution in [2.75, 3.05) is 19.4 Å². The maximum atomic E-state index is 13.2. The second-order valence-electron chi connectivity index (χ2n) is 9.00. The van der Waals surface area contributed by atoms with E-state index < -0.39 is 0 Å². The molecule has 204 valence electrons. The molecule has 5 rings (SSSR count). The molecule has 0 saturated heterocycles. The molecule has 0 aliphatic heterocycles. The predicted molar refractivity (Wildman–Crippen MR) is 154 cm³/mol. The molecular weight excluding hydrogens is 555 g/mol. The van der Waals surface area contributed by atoms with Crippen LogP contribution in [0.2, 0.25) is 10.0 Å². The van der Waals surface area contributed by atoms with Gasteiger partial charge in [0.15, 0.2) is 0 Å². The van der Waals surface area contributed by atoms with Crippen molar-refractivity contribution < 1.29 is 9.53 Å². The summed E-state index contributed by atoms with van der Waals surface area (Å²) in [5.74, 6) is 0.317. The molecule has 0 saturated carbocycles. The van der Waals surface area contributed by atoms with Gasteiger partial charge in [-0.2, -0.15) is 4.98 Å². The lowest BCUT2D eigenvalue weighted by Gasteiger charge is -2.15. The Hall–Kier alpha value is -4.48. The Labute approximate surface area is 239 Å². The number of pyridine rings is 2. The lowest BCUT2D eigenvalue weighted by atomic mass is 10.1. The molecule has 0 aliphatic carbocycles. The van der Waals surface area contributed by atoms with Gasteiger partial charge < -0.3 is 15.0 Å². The Bertz CT molecular complexity index is 1800. The summed E-state index contributed by atoms with van der Waals surface area (Å²) in [6.07, 6.45) is 4.85. The summed E-state index contributed by atoms with van der Waals surface area (Å²) in [4.78, 5) is 40.9. The van der Waals surface area contributed by atoms with Gasteiger partial charge in [0, 0.05) is 57.1 Å². The molecule has 0 unspecified atom stereocenters. The van der Waals surface area contributed by atoms with E-state index in [1.54, 1.807) is 74.6 Å². The van der Waals surface area contributed by atoms with Crippen LogP contribution in [0.3, 0.4) is 0 Å². The van der Waals surface area contributed by atoms with Crippen LogP contribution in [0.4, 0.5) is 11.6 Å². The summed E-state index contributed by atoms with van der Waals surface area (Å²) in [5, 5.41) is 8.69. The van der Waals surface area contributed by atoms with E-state index in [2.05, 4.69) is 25.4 Å². The van der Waals surface area contributed by atoms with E-state index in [0.29, 0.717) is 50.3 Å². The summed E-state index contributed by atoms with van der Waals surface area (Å²) < 4.78 is 8.92. The van der Waals surface area contributed by atoms with Crippen molar-refractivity contribution in [3.05, 3.63) is 81.0 Å². The van der Waals surface area contributed by atoms with E-state index in [4.69, 9.17) is 27.9 Å². The number of hydrogen-bond acceptors (Lipinski definition) is 8. The monoisotopic (exact) mass is 578 g/mol. The first-order valence-electron chi connectivity index (χ1n) is 12.2. The van der Waals surface area contributed by atoms with Crippen LogP contribution < -0.4 is 15.6 Å². The Morgan fingerprint density at radius 2 is 1.85 bits per heavy atom. The number of carbonyl (C=O) groups excluding carboxylic acids is 1. The highest BCUT2D eigenvalue weighted by atomic mass is 35.5. The summed E-state index contributed by atoms with van der Waals surface area (Å²) in [5.41, 5.74) is 1.52. The number of carbonyl (C=O) groups is 1. The minimum Gasteiger partial charge on any atom is -0.418 e. The first-order valence-corrected chi connectivity index (χ1v) is 12.9. The quantitative estimate of drug-likeness (QED) is 0.281. The number of anilines is 2. The van der Waals surface area contributed by atoms with Crippen molar-refractivity contribution in [1.29, 1.82) is 0 Å². The molecule has 4 heterocycles. The molecule has 4 aromatic heterocycles. The SMILES string of the molecule is CCn1ccc(Oc2ncc(Nc3ncc4cc(-c5c(Cl)cccc5Cl)c(=O)n(C)c4n3)cc2C(=O)N(C)C)n1. The number of benzene rings is 1. The number of ether oxygens (including phenoxy) is 1. The first-order chi connectivity index (χ1) is 19.2. The Balaban J connectivity index is 1.50. The summed E-state index contributed by atoms with van der Waals surface area (Å²) >= 11 is 12.7. The summed E-state index contributed by atoms with van der Waals surface area (Å²) in [6, 6.07) is 10.0. The summed E-state index contributed by atoms with van der Waals surface area (Å²) in [7, 11) is 4.88. The topological polar surface area (TPSA) is 120 Å². The third-order valence-corrected chi connectivity index (χ3v) is 6.70. The van der Waals surface area contributed by atoms with Gasteiger partial charge in [-0.3, -0.25) is 18.8 Å². The predicted octanol–water partition coefficient (Wildman–Crippen LogP) is 5.15. The van der Waals surface area contributed by atoms with Crippen molar-refractivity contribution in [3.63, 3.8) is 0 Å². The minimum atomic E-state index is -0.320. The van der Waals surface area contributed by atoms with E-state index in [0.717, 1.165) is 0 Å². The third-order valence-electron chi connectivity index (χ3n) is 6.07. The Morgan fingerprint density at radius 1 is 1.10 bits per heavy atom. The average molecular weight is 579 g/mol. The van der Waals surface area contributed by atoms with Gasteiger partial charge in [-0.25, -0.2) is 9.97 Å². The lowest BCUT2D eigenvalue weighted by molar-refractivity contribution is 0.0824. The van der Waals surface area contributed by atoms with Crippen LogP contribution in [0.15, 0.2) is 59.8 Å². The first kappa shape index (κ1) is 27.1. The standard InChI is InChI=1S/C27H24Cl2N8O3/c1-5-37-10-9-21(34-37)40-24-18(25(38)35(2)3)12-16(14-30-24)32-27-31-13-15-11-17(26(39)36(4)23(15)33-27)22-19(28)7-6-8-20(22)29/h6-14H,5H2,1-4H3,(H,31,32,33). The number of rotatable bonds is 7. The van der Waals surface area contributed by atoms with E-state index in [-0.39, 0.29) is 28.9 Å². The van der Waals surface area contributed by atoms with Crippen LogP contribution >= 0.6 is 23.2 Å². The van der Waals surface area contributed by atoms with Gasteiger partial charge in [0.05, 0.1) is 27.5 Å². The van der Waals surface area contributed by atoms with Crippen LogP contribution in [-0.4, -0.2) is 54.2 Å². The molecule has 1 aromatic carbocycles. The molecule has 1 amide bonds. The normalized spacial score (nSPS) is 11.1. The molecule has 5 aromatic rings. The van der Waals surface area contributed by atoms with Gasteiger partial charge in [0.25, 0.3) is 11.5 Å². The molecule has 0 atom stereocenters. The van der Waals surface area contributed by atoms with Gasteiger partial charge >= 0.3 is 0 Å². The van der Waals surface area contributed by atoms with Crippen molar-refractivity contribution in [3.8, 4) is 22.9 Å². The molecule has 13 heteroatoms. The fourth-order valence-electron chi connectivity index (χ4n) is 4.04. The second-order valence-corrected chi connectivity index (χ2v) is 9.82. The third kappa shape index (κ3) is 5.21. The average Bonchev–Trinajstić information content (AvgIpc) is 3.39. The van der Waals surface area contributed by atoms with Crippen molar-refractivity contribution >= 4 is 51.8 Å². The van der Waals surface area contributed by atoms with Crippen molar-refractivity contribution in [2.45, 2.75) is 13.5 Å². The molecule has 0 radical (unpaired) electrons. The molecule has 40 heavy (non-hydrogen) atoms. The van der Waals surface area contributed by atoms with Crippen LogP contribution in [-0.2, 0) is 13.6 Å². The highest BCUT2D eigenvalue weighted by molar-refractivity contribution is 6.39. The van der Waals surface area contributed by atoms with Crippen molar-refractivity contribution in [1.82, 2.24) is 34.2 Å². The fourth-order valence-corrected chi connectivity index (χ4v) is 4.64. The lowest BCUT2D eigenvalue weighted by Crippen LogP contribution is -2.22. The minimum absolute atomic E-state index is 0.109. The number of hydrogen-bond donors (Lipinski definition) is 1. The zero-order valence-electron chi connectivity index (χ0n) is 22.0. The number of aryl methyl sites for hydroxylation is 2.